The number of hydrogen-bond donors (Lipinski definition) is 0. The zero-order valence-corrected chi connectivity index (χ0v) is 77.8. The third-order valence-corrected chi connectivity index (χ3v) is 23.8. The van der Waals surface area contributed by atoms with Gasteiger partial charge in [-0.2, -0.15) is 0 Å². The lowest BCUT2D eigenvalue weighted by atomic mass is 10.1. The Morgan fingerprint density at radius 2 is 0.279 bits per heavy atom. The van der Waals surface area contributed by atoms with Crippen molar-refractivity contribution in [3.05, 3.63) is 591 Å². The van der Waals surface area contributed by atoms with Crippen LogP contribution in [0.15, 0.2) is 558 Å². The molecule has 0 saturated carbocycles. The minimum atomic E-state index is 1.16. The highest BCUT2D eigenvalue weighted by molar-refractivity contribution is 6.01. The molecule has 0 unspecified atom stereocenters. The molecule has 6 heteroatoms. The van der Waals surface area contributed by atoms with E-state index in [0.29, 0.717) is 0 Å². The summed E-state index contributed by atoms with van der Waals surface area (Å²) in [6.45, 7) is 12.7. The van der Waals surface area contributed by atoms with Crippen LogP contribution in [-0.2, 0) is 0 Å². The zero-order chi connectivity index (χ0) is 93.0. The van der Waals surface area contributed by atoms with Crippen molar-refractivity contribution in [2.75, 3.05) is 29.4 Å². The molecule has 0 heterocycles. The summed E-state index contributed by atoms with van der Waals surface area (Å²) in [5.74, 6) is 0. The highest BCUT2D eigenvalue weighted by Crippen LogP contribution is 2.44. The molecule has 22 aromatic carbocycles. The first-order chi connectivity index (χ1) is 67.0. The highest BCUT2D eigenvalue weighted by Gasteiger charge is 2.21. The molecule has 0 N–H and O–H groups in total. The Balaban J connectivity index is 0.000000113. The van der Waals surface area contributed by atoms with Crippen LogP contribution in [0.25, 0.3) is 43.1 Å². The fraction of sp³-hybridized carbons (Fsp3) is 0.0462. The van der Waals surface area contributed by atoms with E-state index in [1.165, 1.54) is 167 Å². The molecular weight excluding hydrogens is 1650 g/mol. The van der Waals surface area contributed by atoms with E-state index in [-0.39, 0.29) is 0 Å². The van der Waals surface area contributed by atoms with Crippen molar-refractivity contribution in [1.82, 2.24) is 0 Å². The van der Waals surface area contributed by atoms with E-state index in [1.807, 2.05) is 24.3 Å². The molecule has 22 rings (SSSR count). The summed E-state index contributed by atoms with van der Waals surface area (Å²) >= 11 is 0. The Morgan fingerprint density at radius 3 is 0.566 bits per heavy atom. The first kappa shape index (κ1) is 90.6. The minimum Gasteiger partial charge on any atom is -0.311 e. The van der Waals surface area contributed by atoms with E-state index in [4.69, 9.17) is 0 Å². The van der Waals surface area contributed by atoms with E-state index < -0.39 is 0 Å². The van der Waals surface area contributed by atoms with Crippen LogP contribution in [0.1, 0.15) is 33.4 Å². The van der Waals surface area contributed by atoms with Crippen molar-refractivity contribution in [1.29, 1.82) is 0 Å². The molecular formula is C130H110N6. The second-order valence-corrected chi connectivity index (χ2v) is 33.8. The number of aryl methyl sites for hydroxylation is 6. The SMILES string of the molecule is Cc1ccc(N(c2ccccc2)c2ccc3ccccc3c2)cc1.Cc1ccc(N(c2ccccc2)c2cccc3ccccc23)cc1.Cc1ccc(N(c2ccccc2)c2ccccc2)cc1.Cc1cccc(N(c2ccccc2)c2ccc3ccccc3c2)c1.Cc1cccc(N(c2ccccc2)c2cccc3ccccc23)c1.Cc1cccc(N(c2ccccc2)c2ccccc2)c1. The molecule has 136 heavy (non-hydrogen) atoms. The molecule has 0 atom stereocenters. The topological polar surface area (TPSA) is 19.4 Å². The molecule has 0 spiro atoms. The number of nitrogens with zero attached hydrogens (tertiary/aromatic N) is 6. The van der Waals surface area contributed by atoms with Crippen LogP contribution in [-0.4, -0.2) is 0 Å². The Bertz CT molecular complexity index is 7420. The molecule has 0 bridgehead atoms. The lowest BCUT2D eigenvalue weighted by Crippen LogP contribution is -2.10. The maximum atomic E-state index is 2.33. The average Bonchev–Trinajstić information content (AvgIpc) is 0.782. The number of rotatable bonds is 18. The van der Waals surface area contributed by atoms with E-state index in [1.54, 1.807) is 0 Å². The summed E-state index contributed by atoms with van der Waals surface area (Å²) in [4.78, 5) is 13.8. The number of anilines is 18. The number of para-hydroxylation sites is 8. The summed E-state index contributed by atoms with van der Waals surface area (Å²) in [7, 11) is 0. The molecule has 0 aromatic heterocycles. The largest absolute Gasteiger partial charge is 0.311 e. The van der Waals surface area contributed by atoms with E-state index in [2.05, 4.69) is 605 Å². The molecule has 6 nitrogen and oxygen atoms in total. The van der Waals surface area contributed by atoms with E-state index in [0.717, 1.165) is 11.4 Å². The molecule has 0 aliphatic carbocycles. The maximum absolute atomic E-state index is 2.33. The third kappa shape index (κ3) is 23.0. The van der Waals surface area contributed by atoms with Crippen molar-refractivity contribution >= 4 is 145 Å². The van der Waals surface area contributed by atoms with Crippen LogP contribution in [0, 0.1) is 41.5 Å². The van der Waals surface area contributed by atoms with Crippen LogP contribution < -0.4 is 29.4 Å². The van der Waals surface area contributed by atoms with Gasteiger partial charge in [0.15, 0.2) is 0 Å². The van der Waals surface area contributed by atoms with Crippen LogP contribution in [0.3, 0.4) is 0 Å². The van der Waals surface area contributed by atoms with Gasteiger partial charge in [-0.1, -0.05) is 369 Å². The molecule has 0 radical (unpaired) electrons. The van der Waals surface area contributed by atoms with Gasteiger partial charge in [-0.3, -0.25) is 0 Å². The maximum Gasteiger partial charge on any atom is 0.0540 e. The van der Waals surface area contributed by atoms with Gasteiger partial charge < -0.3 is 29.4 Å². The van der Waals surface area contributed by atoms with Crippen LogP contribution >= 0.6 is 0 Å². The van der Waals surface area contributed by atoms with Crippen molar-refractivity contribution < 1.29 is 0 Å². The van der Waals surface area contributed by atoms with Gasteiger partial charge in [0.2, 0.25) is 0 Å². The fourth-order valence-electron chi connectivity index (χ4n) is 17.1. The quantitative estimate of drug-likeness (QED) is 0.0847. The number of hydrogen-bond acceptors (Lipinski definition) is 6. The second kappa shape index (κ2) is 45.0. The van der Waals surface area contributed by atoms with Gasteiger partial charge in [0, 0.05) is 102 Å². The number of benzene rings is 22. The molecule has 660 valence electrons. The molecule has 22 aromatic rings. The fourth-order valence-corrected chi connectivity index (χ4v) is 17.1. The van der Waals surface area contributed by atoms with Gasteiger partial charge in [0.05, 0.1) is 11.4 Å². The Morgan fingerprint density at radius 1 is 0.103 bits per heavy atom. The first-order valence-corrected chi connectivity index (χ1v) is 46.5. The van der Waals surface area contributed by atoms with Gasteiger partial charge in [-0.25, -0.2) is 0 Å². The highest BCUT2D eigenvalue weighted by atomic mass is 15.2. The standard InChI is InChI=1S/4C23H19N.2C19H17N/c1-18-9-7-14-21(17-18)24(20-12-3-2-4-13-20)23-16-8-11-19-10-5-6-15-22(19)23;1-18-8-7-13-22(16-18)24(21-11-3-2-4-12-21)23-15-14-19-9-5-6-10-20(19)17-23;1-18-14-16-21(17-15-18)24(20-10-3-2-4-11-20)23-13-7-9-19-8-5-6-12-22(19)23;1-18-11-14-22(15-12-18)24(21-9-3-2-4-10-21)23-16-13-19-7-5-6-8-20(19)17-23;1-16-9-8-14-19(15-16)20(17-10-4-2-5-11-17)18-12-6-3-7-13-18;1-16-12-14-19(15-13-16)20(17-8-4-2-5-9-17)18-10-6-3-7-11-18/h4*2-17H,1H3;2*2-15H,1H3. The van der Waals surface area contributed by atoms with Crippen molar-refractivity contribution in [3.8, 4) is 0 Å². The second-order valence-electron chi connectivity index (χ2n) is 33.8. The predicted octanol–water partition coefficient (Wildman–Crippen LogP) is 37.4. The summed E-state index contributed by atoms with van der Waals surface area (Å²) in [5, 5.41) is 10.0. The molecule has 0 fully saturated rings. The zero-order valence-electron chi connectivity index (χ0n) is 77.8. The normalized spacial score (nSPS) is 10.6. The Labute approximate surface area is 802 Å². The Hall–Kier alpha value is -17.3. The summed E-state index contributed by atoms with van der Waals surface area (Å²) in [6, 6.07) is 196. The van der Waals surface area contributed by atoms with Crippen LogP contribution in [0.2, 0.25) is 0 Å². The molecule has 0 aliphatic heterocycles. The predicted molar refractivity (Wildman–Crippen MR) is 585 cm³/mol. The molecule has 0 saturated heterocycles. The minimum absolute atomic E-state index is 1.16. The number of fused-ring (bicyclic) bond motifs is 4. The van der Waals surface area contributed by atoms with Crippen molar-refractivity contribution in [2.45, 2.75) is 41.5 Å². The average molecular weight is 1760 g/mol. The van der Waals surface area contributed by atoms with Gasteiger partial charge >= 0.3 is 0 Å². The van der Waals surface area contributed by atoms with Crippen molar-refractivity contribution in [2.24, 2.45) is 0 Å². The van der Waals surface area contributed by atoms with Gasteiger partial charge in [0.1, 0.15) is 0 Å². The smallest absolute Gasteiger partial charge is 0.0540 e. The lowest BCUT2D eigenvalue weighted by molar-refractivity contribution is 1.27. The molecule has 0 amide bonds. The summed E-state index contributed by atoms with van der Waals surface area (Å²) < 4.78 is 0. The van der Waals surface area contributed by atoms with E-state index in [9.17, 15) is 0 Å². The van der Waals surface area contributed by atoms with Gasteiger partial charge in [-0.05, 0) is 297 Å². The summed E-state index contributed by atoms with van der Waals surface area (Å²) in [6.07, 6.45) is 0. The Kier molecular flexibility index (Phi) is 30.0. The first-order valence-electron chi connectivity index (χ1n) is 46.5. The third-order valence-electron chi connectivity index (χ3n) is 23.8. The summed E-state index contributed by atoms with van der Waals surface area (Å²) in [5.41, 5.74) is 28.7. The van der Waals surface area contributed by atoms with Gasteiger partial charge in [0.25, 0.3) is 0 Å². The monoisotopic (exact) mass is 1750 g/mol. The van der Waals surface area contributed by atoms with Gasteiger partial charge in [-0.15, -0.1) is 0 Å². The lowest BCUT2D eigenvalue weighted by Gasteiger charge is -2.27. The van der Waals surface area contributed by atoms with Crippen molar-refractivity contribution in [3.63, 3.8) is 0 Å². The van der Waals surface area contributed by atoms with E-state index >= 15 is 0 Å². The molecule has 0 aliphatic rings. The van der Waals surface area contributed by atoms with Crippen LogP contribution in [0.4, 0.5) is 102 Å². The van der Waals surface area contributed by atoms with Crippen LogP contribution in [0.5, 0.6) is 0 Å².